The van der Waals surface area contributed by atoms with Crippen molar-refractivity contribution in [1.29, 1.82) is 0 Å². The van der Waals surface area contributed by atoms with Crippen molar-refractivity contribution in [2.24, 2.45) is 7.05 Å². The van der Waals surface area contributed by atoms with Gasteiger partial charge < -0.3 is 9.72 Å². The average molecular weight is 522 g/mol. The van der Waals surface area contributed by atoms with E-state index in [0.717, 1.165) is 22.8 Å². The SMILES string of the molecule is Cc1c2c(nn1C)C(=O)N(c1ccc3nc[nH]c3c1)C2c1ccc(-c2ccc(OC(F)(F)F)nc2)cc1F. The van der Waals surface area contributed by atoms with Gasteiger partial charge in [-0.15, -0.1) is 13.2 Å². The summed E-state index contributed by atoms with van der Waals surface area (Å²) in [5, 5.41) is 4.39. The molecule has 1 amide bonds. The van der Waals surface area contributed by atoms with E-state index in [1.165, 1.54) is 23.2 Å². The largest absolute Gasteiger partial charge is 0.574 e. The maximum Gasteiger partial charge on any atom is 0.574 e. The molecular weight excluding hydrogens is 504 g/mol. The van der Waals surface area contributed by atoms with Crippen molar-refractivity contribution in [2.45, 2.75) is 19.3 Å². The molecule has 192 valence electrons. The number of carbonyl (C=O) groups is 1. The summed E-state index contributed by atoms with van der Waals surface area (Å²) in [6.07, 6.45) is -2.14. The van der Waals surface area contributed by atoms with E-state index < -0.39 is 24.1 Å². The third-order valence-corrected chi connectivity index (χ3v) is 6.60. The summed E-state index contributed by atoms with van der Waals surface area (Å²) in [4.78, 5) is 26.0. The Kier molecular flexibility index (Phi) is 5.23. The molecule has 0 bridgehead atoms. The first-order chi connectivity index (χ1) is 18.1. The van der Waals surface area contributed by atoms with Crippen molar-refractivity contribution in [2.75, 3.05) is 4.90 Å². The van der Waals surface area contributed by atoms with E-state index in [1.54, 1.807) is 48.4 Å². The number of hydrogen-bond acceptors (Lipinski definition) is 5. The van der Waals surface area contributed by atoms with Crippen LogP contribution in [0.3, 0.4) is 0 Å². The fraction of sp³-hybridized carbons (Fsp3) is 0.154. The van der Waals surface area contributed by atoms with Crippen LogP contribution in [0.1, 0.15) is 33.4 Å². The lowest BCUT2D eigenvalue weighted by atomic mass is 9.95. The van der Waals surface area contributed by atoms with Gasteiger partial charge >= 0.3 is 6.36 Å². The number of nitrogens with zero attached hydrogens (tertiary/aromatic N) is 5. The normalized spacial score (nSPS) is 15.4. The Morgan fingerprint density at radius 3 is 2.53 bits per heavy atom. The van der Waals surface area contributed by atoms with Crippen LogP contribution in [0.5, 0.6) is 5.88 Å². The van der Waals surface area contributed by atoms with E-state index in [2.05, 4.69) is 24.8 Å². The number of rotatable bonds is 4. The van der Waals surface area contributed by atoms with E-state index in [4.69, 9.17) is 0 Å². The minimum Gasteiger partial charge on any atom is -0.388 e. The van der Waals surface area contributed by atoms with Gasteiger partial charge in [0.15, 0.2) is 5.69 Å². The van der Waals surface area contributed by atoms with Crippen molar-refractivity contribution >= 4 is 22.6 Å². The van der Waals surface area contributed by atoms with Gasteiger partial charge in [0.05, 0.1) is 23.4 Å². The number of amides is 1. The van der Waals surface area contributed by atoms with E-state index in [0.29, 0.717) is 22.4 Å². The minimum absolute atomic E-state index is 0.242. The standard InChI is InChI=1S/C26H18F4N6O2/c1-13-22-23(34-35(13)2)25(37)36(16-5-7-19-20(10-16)33-12-32-19)24(22)17-6-3-14(9-18(17)27)15-4-8-21(31-11-15)38-26(28,29)30/h3-12,24H,1-2H3,(H,32,33). The summed E-state index contributed by atoms with van der Waals surface area (Å²) in [6.45, 7) is 1.82. The number of anilines is 1. The first kappa shape index (κ1) is 23.6. The van der Waals surface area contributed by atoms with Gasteiger partial charge in [-0.05, 0) is 42.8 Å². The monoisotopic (exact) mass is 522 g/mol. The number of nitrogens with one attached hydrogen (secondary N) is 1. The quantitative estimate of drug-likeness (QED) is 0.317. The molecule has 0 spiro atoms. The molecule has 5 aromatic rings. The predicted octanol–water partition coefficient (Wildman–Crippen LogP) is 5.45. The Balaban J connectivity index is 1.42. The number of benzene rings is 2. The van der Waals surface area contributed by atoms with E-state index in [1.807, 2.05) is 6.92 Å². The number of pyridine rings is 1. The Morgan fingerprint density at radius 2 is 1.82 bits per heavy atom. The van der Waals surface area contributed by atoms with Crippen LogP contribution in [-0.4, -0.2) is 37.0 Å². The van der Waals surface area contributed by atoms with E-state index in [-0.39, 0.29) is 17.2 Å². The molecule has 3 aromatic heterocycles. The zero-order valence-corrected chi connectivity index (χ0v) is 19.9. The fourth-order valence-electron chi connectivity index (χ4n) is 4.76. The van der Waals surface area contributed by atoms with Gasteiger partial charge in [-0.25, -0.2) is 14.4 Å². The first-order valence-electron chi connectivity index (χ1n) is 11.4. The lowest BCUT2D eigenvalue weighted by molar-refractivity contribution is -0.276. The number of ether oxygens (including phenoxy) is 1. The maximum absolute atomic E-state index is 15.8. The number of hydrogen-bond donors (Lipinski definition) is 1. The molecule has 4 heterocycles. The van der Waals surface area contributed by atoms with Crippen LogP contribution in [-0.2, 0) is 7.05 Å². The van der Waals surface area contributed by atoms with Gasteiger partial charge in [-0.2, -0.15) is 5.10 Å². The topological polar surface area (TPSA) is 88.9 Å². The molecule has 1 aliphatic heterocycles. The first-order valence-corrected chi connectivity index (χ1v) is 11.4. The number of aryl methyl sites for hydroxylation is 1. The summed E-state index contributed by atoms with van der Waals surface area (Å²) in [6, 6.07) is 11.4. The summed E-state index contributed by atoms with van der Waals surface area (Å²) < 4.78 is 58.5. The number of halogens is 4. The van der Waals surface area contributed by atoms with E-state index in [9.17, 15) is 18.0 Å². The Labute approximate surface area is 212 Å². The number of aromatic amines is 1. The molecule has 8 nitrogen and oxygen atoms in total. The molecule has 0 saturated heterocycles. The smallest absolute Gasteiger partial charge is 0.388 e. The van der Waals surface area contributed by atoms with Crippen LogP contribution in [0.25, 0.3) is 22.2 Å². The molecule has 0 saturated carbocycles. The molecular formula is C26H18F4N6O2. The molecule has 1 N–H and O–H groups in total. The van der Waals surface area contributed by atoms with Crippen LogP contribution >= 0.6 is 0 Å². The molecule has 1 aliphatic rings. The van der Waals surface area contributed by atoms with Crippen molar-refractivity contribution in [3.05, 3.63) is 89.4 Å². The number of aromatic nitrogens is 5. The van der Waals surface area contributed by atoms with Crippen LogP contribution in [0.15, 0.2) is 61.1 Å². The van der Waals surface area contributed by atoms with E-state index >= 15 is 4.39 Å². The zero-order chi connectivity index (χ0) is 26.8. The highest BCUT2D eigenvalue weighted by molar-refractivity contribution is 6.11. The molecule has 1 atom stereocenters. The molecule has 0 aliphatic carbocycles. The number of alkyl halides is 3. The van der Waals surface area contributed by atoms with Crippen LogP contribution < -0.4 is 9.64 Å². The summed E-state index contributed by atoms with van der Waals surface area (Å²) >= 11 is 0. The number of fused-ring (bicyclic) bond motifs is 2. The Hall–Kier alpha value is -4.74. The second-order valence-corrected chi connectivity index (χ2v) is 8.82. The lowest BCUT2D eigenvalue weighted by Gasteiger charge is -2.27. The molecule has 0 fully saturated rings. The van der Waals surface area contributed by atoms with Crippen LogP contribution in [0, 0.1) is 12.7 Å². The number of carbonyl (C=O) groups excluding carboxylic acids is 1. The highest BCUT2D eigenvalue weighted by atomic mass is 19.4. The molecule has 1 unspecified atom stereocenters. The Bertz CT molecular complexity index is 1710. The van der Waals surface area contributed by atoms with Crippen LogP contribution in [0.4, 0.5) is 23.2 Å². The second kappa shape index (κ2) is 8.40. The minimum atomic E-state index is -4.86. The number of H-pyrrole nitrogens is 1. The summed E-state index contributed by atoms with van der Waals surface area (Å²) in [5.41, 5.74) is 4.59. The van der Waals surface area contributed by atoms with Crippen molar-refractivity contribution in [3.8, 4) is 17.0 Å². The zero-order valence-electron chi connectivity index (χ0n) is 19.9. The average Bonchev–Trinajstić information content (AvgIpc) is 3.53. The van der Waals surface area contributed by atoms with Gasteiger partial charge in [0.2, 0.25) is 5.88 Å². The Morgan fingerprint density at radius 1 is 1.03 bits per heavy atom. The molecule has 6 rings (SSSR count). The highest BCUT2D eigenvalue weighted by Gasteiger charge is 2.44. The molecule has 12 heteroatoms. The van der Waals surface area contributed by atoms with Gasteiger partial charge in [-0.1, -0.05) is 12.1 Å². The second-order valence-electron chi connectivity index (χ2n) is 8.82. The van der Waals surface area contributed by atoms with Gasteiger partial charge in [0, 0.05) is 47.4 Å². The van der Waals surface area contributed by atoms with Crippen molar-refractivity contribution < 1.29 is 27.1 Å². The maximum atomic E-state index is 15.8. The third-order valence-electron chi connectivity index (χ3n) is 6.60. The lowest BCUT2D eigenvalue weighted by Crippen LogP contribution is -2.30. The molecule has 0 radical (unpaired) electrons. The molecule has 2 aromatic carbocycles. The van der Waals surface area contributed by atoms with Gasteiger partial charge in [0.25, 0.3) is 5.91 Å². The van der Waals surface area contributed by atoms with Crippen molar-refractivity contribution in [3.63, 3.8) is 0 Å². The summed E-state index contributed by atoms with van der Waals surface area (Å²) in [7, 11) is 1.72. The third kappa shape index (κ3) is 3.85. The van der Waals surface area contributed by atoms with Crippen molar-refractivity contribution in [1.82, 2.24) is 24.7 Å². The predicted molar refractivity (Wildman–Crippen MR) is 129 cm³/mol. The molecule has 38 heavy (non-hydrogen) atoms. The fourth-order valence-corrected chi connectivity index (χ4v) is 4.76. The summed E-state index contributed by atoms with van der Waals surface area (Å²) in [5.74, 6) is -1.58. The van der Waals surface area contributed by atoms with Crippen LogP contribution in [0.2, 0.25) is 0 Å². The van der Waals surface area contributed by atoms with Gasteiger partial charge in [-0.3, -0.25) is 14.4 Å². The van der Waals surface area contributed by atoms with Gasteiger partial charge in [0.1, 0.15) is 5.82 Å². The number of imidazole rings is 1. The highest BCUT2D eigenvalue weighted by Crippen LogP contribution is 2.44.